The monoisotopic (exact) mass is 893 g/mol. The van der Waals surface area contributed by atoms with E-state index in [0.29, 0.717) is 30.7 Å². The van der Waals surface area contributed by atoms with Gasteiger partial charge in [0, 0.05) is 59.8 Å². The van der Waals surface area contributed by atoms with Crippen LogP contribution in [0.25, 0.3) is 5.70 Å². The second-order valence-electron chi connectivity index (χ2n) is 16.9. The van der Waals surface area contributed by atoms with Crippen molar-refractivity contribution in [2.75, 3.05) is 28.2 Å². The molecule has 3 saturated heterocycles. The van der Waals surface area contributed by atoms with E-state index in [1.165, 1.54) is 19.6 Å². The minimum Gasteiger partial charge on any atom is -0.415 e. The van der Waals surface area contributed by atoms with Gasteiger partial charge in [-0.15, -0.1) is 0 Å². The van der Waals surface area contributed by atoms with Crippen molar-refractivity contribution in [3.8, 4) is 0 Å². The molecule has 12 atom stereocenters. The van der Waals surface area contributed by atoms with E-state index in [0.717, 1.165) is 16.0 Å². The van der Waals surface area contributed by atoms with Crippen LogP contribution in [-0.2, 0) is 4.74 Å². The van der Waals surface area contributed by atoms with Gasteiger partial charge in [0.1, 0.15) is 29.5 Å². The lowest BCUT2D eigenvalue weighted by atomic mass is 10.0. The summed E-state index contributed by atoms with van der Waals surface area (Å²) in [7, 11) is 6.54. The van der Waals surface area contributed by atoms with Gasteiger partial charge in [-0.1, -0.05) is 14.0 Å². The molecule has 9 aliphatic rings. The zero-order valence-corrected chi connectivity index (χ0v) is 34.0. The lowest BCUT2D eigenvalue weighted by molar-refractivity contribution is -0.141. The summed E-state index contributed by atoms with van der Waals surface area (Å²) in [5.41, 5.74) is 0.479. The normalized spacial score (nSPS) is 38.1. The van der Waals surface area contributed by atoms with Crippen LogP contribution in [0.4, 0.5) is 14.4 Å². The number of likely N-dealkylation sites (N-methyl/N-ethyl adjacent to an activating group) is 4. The molecule has 12 rings (SSSR count). The Morgan fingerprint density at radius 2 is 1.20 bits per heavy atom. The minimum absolute atomic E-state index is 0. The zero-order valence-electron chi connectivity index (χ0n) is 32.4. The summed E-state index contributed by atoms with van der Waals surface area (Å²) in [5.74, 6) is -1.76. The fourth-order valence-electron chi connectivity index (χ4n) is 11.4. The number of amides is 7. The standard InChI is InChI=1S/C13H15BrN4O3.C13H16N4O3.C12H13N3O3.CH4/c1-16-10-9-7(5-13(10,21)17(2)12(16)20)18-6(11(19)15-9)3-4-8(18)14;1-15-10-9-8(6-13(10,20)16(2)12(15)19)17-5-3-4-7(17)11(18)14-9;1-6-7-3-2-4-15(7)8-5-12(17)10(9(8)13-6)14-11(16)18-12;/h3-4,7,9-10,21H,5H2,1-2H3,(H,15,19);3-5,8-10,20H,6H2,1-2H3,(H,14,18);2-4,8-10,13,17H,1,5H2,(H,14,16);1H4/t7-,9-,10+,13+;8-,9-,10+,13+;8-,9-,10+,12-;/m111./s1. The number of alkyl carbamates (subject to hydrolysis) is 1. The molecule has 20 nitrogen and oxygen atoms in total. The first-order chi connectivity index (χ1) is 27.9. The average molecular weight is 895 g/mol. The van der Waals surface area contributed by atoms with Crippen LogP contribution in [0.1, 0.15) is 71.5 Å². The van der Waals surface area contributed by atoms with E-state index in [1.807, 2.05) is 45.8 Å². The van der Waals surface area contributed by atoms with Gasteiger partial charge in [-0.2, -0.15) is 0 Å². The highest BCUT2D eigenvalue weighted by Crippen LogP contribution is 2.50. The van der Waals surface area contributed by atoms with Crippen molar-refractivity contribution in [2.24, 2.45) is 0 Å². The van der Waals surface area contributed by atoms with Crippen LogP contribution in [0.3, 0.4) is 0 Å². The molecule has 0 unspecified atom stereocenters. The van der Waals surface area contributed by atoms with Gasteiger partial charge in [-0.05, 0) is 52.3 Å². The third kappa shape index (κ3) is 5.08. The Morgan fingerprint density at radius 3 is 1.82 bits per heavy atom. The lowest BCUT2D eigenvalue weighted by Gasteiger charge is -2.34. The summed E-state index contributed by atoms with van der Waals surface area (Å²) in [6, 6.07) is 8.58. The van der Waals surface area contributed by atoms with Gasteiger partial charge in [0.25, 0.3) is 11.8 Å². The molecule has 9 heterocycles. The Balaban J connectivity index is 0.000000115. The van der Waals surface area contributed by atoms with Crippen molar-refractivity contribution in [3.05, 3.63) is 77.1 Å². The first-order valence-corrected chi connectivity index (χ1v) is 20.1. The Morgan fingerprint density at radius 1 is 0.683 bits per heavy atom. The van der Waals surface area contributed by atoms with Crippen LogP contribution in [-0.4, -0.2) is 160 Å². The first-order valence-electron chi connectivity index (χ1n) is 19.4. The number of fused-ring (bicyclic) bond motifs is 15. The first kappa shape index (κ1) is 39.9. The predicted molar refractivity (Wildman–Crippen MR) is 215 cm³/mol. The molecule has 0 radical (unpaired) electrons. The van der Waals surface area contributed by atoms with Crippen LogP contribution < -0.4 is 21.3 Å². The molecule has 3 aromatic heterocycles. The highest BCUT2D eigenvalue weighted by molar-refractivity contribution is 9.10. The second-order valence-corrected chi connectivity index (χ2v) is 17.7. The summed E-state index contributed by atoms with van der Waals surface area (Å²) in [5, 5.41) is 44.1. The number of nitrogens with zero attached hydrogens (tertiary/aromatic N) is 7. The molecule has 21 heteroatoms. The lowest BCUT2D eigenvalue weighted by Crippen LogP contribution is -2.56. The molecule has 6 aliphatic heterocycles. The molecule has 0 bridgehead atoms. The van der Waals surface area contributed by atoms with E-state index < -0.39 is 41.5 Å². The third-order valence-corrected chi connectivity index (χ3v) is 14.8. The predicted octanol–water partition coefficient (Wildman–Crippen LogP) is 0.770. The summed E-state index contributed by atoms with van der Waals surface area (Å²) in [4.78, 5) is 65.6. The van der Waals surface area contributed by atoms with Crippen LogP contribution in [0, 0.1) is 0 Å². The van der Waals surface area contributed by atoms with Crippen molar-refractivity contribution < 1.29 is 44.0 Å². The maximum atomic E-state index is 12.3. The van der Waals surface area contributed by atoms with Gasteiger partial charge in [0.2, 0.25) is 5.79 Å². The number of hydrogen-bond acceptors (Lipinski definition) is 10. The average Bonchev–Trinajstić information content (AvgIpc) is 4.06. The van der Waals surface area contributed by atoms with Crippen molar-refractivity contribution in [2.45, 2.75) is 98.3 Å². The maximum Gasteiger partial charge on any atom is 0.410 e. The number of aliphatic hydroxyl groups is 3. The SMILES string of the molecule is C.C=C1N[C@@H]2[C@@H](C[C@@]3(O)OC(=O)N[C@@H]23)n2cccc21.CN1C(=O)N(C)[C@]2(O)C[C@@H]3[C@@H](NC(=O)c4ccc(Br)n43)[C@H]12.CN1C(=O)N(C)[C@]2(O)C[C@@H]3[C@@H](NC(=O)c4cccn43)[C@H]12. The van der Waals surface area contributed by atoms with E-state index in [2.05, 4.69) is 48.3 Å². The summed E-state index contributed by atoms with van der Waals surface area (Å²) in [6.45, 7) is 3.98. The highest BCUT2D eigenvalue weighted by Gasteiger charge is 2.67. The molecule has 6 fully saturated rings. The maximum absolute atomic E-state index is 12.3. The third-order valence-electron chi connectivity index (χ3n) is 14.1. The Labute approximate surface area is 352 Å². The smallest absolute Gasteiger partial charge is 0.410 e. The van der Waals surface area contributed by atoms with Crippen LogP contribution >= 0.6 is 15.9 Å². The number of nitrogens with one attached hydrogen (secondary N) is 4. The minimum atomic E-state index is -1.43. The van der Waals surface area contributed by atoms with Crippen molar-refractivity contribution in [1.82, 2.24) is 54.6 Å². The van der Waals surface area contributed by atoms with E-state index in [1.54, 1.807) is 40.3 Å². The van der Waals surface area contributed by atoms with Crippen molar-refractivity contribution in [3.63, 3.8) is 0 Å². The molecule has 60 heavy (non-hydrogen) atoms. The molecule has 320 valence electrons. The molecule has 0 aromatic carbocycles. The van der Waals surface area contributed by atoms with Crippen molar-refractivity contribution >= 4 is 51.6 Å². The Kier molecular flexibility index (Phi) is 8.65. The van der Waals surface area contributed by atoms with Gasteiger partial charge in [-0.25, -0.2) is 14.4 Å². The number of halogens is 1. The van der Waals surface area contributed by atoms with Gasteiger partial charge in [-0.3, -0.25) is 19.4 Å². The number of ether oxygens (including phenoxy) is 1. The number of rotatable bonds is 0. The molecular weight excluding hydrogens is 846 g/mol. The van der Waals surface area contributed by atoms with Gasteiger partial charge in [0.15, 0.2) is 11.4 Å². The van der Waals surface area contributed by atoms with Gasteiger partial charge in [0.05, 0.1) is 52.2 Å². The largest absolute Gasteiger partial charge is 0.415 e. The van der Waals surface area contributed by atoms with E-state index in [9.17, 15) is 39.3 Å². The number of carbonyl (C=O) groups is 5. The number of hydrogen-bond donors (Lipinski definition) is 7. The molecule has 3 aromatic rings. The molecule has 3 saturated carbocycles. The second kappa shape index (κ2) is 13.0. The van der Waals surface area contributed by atoms with E-state index in [-0.39, 0.29) is 67.6 Å². The fraction of sp³-hybridized carbons (Fsp3) is 0.513. The highest BCUT2D eigenvalue weighted by atomic mass is 79.9. The summed E-state index contributed by atoms with van der Waals surface area (Å²) >= 11 is 3.46. The summed E-state index contributed by atoms with van der Waals surface area (Å²) < 4.78 is 11.7. The molecule has 3 aliphatic carbocycles. The Bertz CT molecular complexity index is 2380. The van der Waals surface area contributed by atoms with Crippen LogP contribution in [0.15, 0.2) is 60.0 Å². The molecular formula is C39H48BrN11O9. The summed E-state index contributed by atoms with van der Waals surface area (Å²) in [6.07, 6.45) is 4.44. The number of aromatic nitrogens is 3. The molecule has 7 N–H and O–H groups in total. The topological polar surface area (TPSA) is 231 Å². The zero-order chi connectivity index (χ0) is 41.8. The van der Waals surface area contributed by atoms with Crippen LogP contribution in [0.5, 0.6) is 0 Å². The van der Waals surface area contributed by atoms with Gasteiger partial charge >= 0.3 is 18.2 Å². The van der Waals surface area contributed by atoms with E-state index in [4.69, 9.17) is 4.74 Å². The molecule has 0 spiro atoms. The number of urea groups is 2. The Hall–Kier alpha value is -5.51. The van der Waals surface area contributed by atoms with Gasteiger partial charge < -0.3 is 64.8 Å². The van der Waals surface area contributed by atoms with Crippen LogP contribution in [0.2, 0.25) is 0 Å². The number of carbonyl (C=O) groups excluding carboxylic acids is 5. The quantitative estimate of drug-likeness (QED) is 0.168. The van der Waals surface area contributed by atoms with Crippen molar-refractivity contribution in [1.29, 1.82) is 0 Å². The molecule has 7 amide bonds. The van der Waals surface area contributed by atoms with E-state index >= 15 is 0 Å². The fourth-order valence-corrected chi connectivity index (χ4v) is 12.0.